The average molecular weight is 382 g/mol. The molecule has 2 aromatic heterocycles. The highest BCUT2D eigenvalue weighted by molar-refractivity contribution is 6.31. The molecule has 3 rings (SSSR count). The van der Waals surface area contributed by atoms with E-state index in [2.05, 4.69) is 4.99 Å². The third kappa shape index (κ3) is 3.64. The van der Waals surface area contributed by atoms with Crippen molar-refractivity contribution in [2.24, 2.45) is 4.99 Å². The molecule has 0 atom stereocenters. The van der Waals surface area contributed by atoms with Gasteiger partial charge in [0, 0.05) is 11.2 Å². The van der Waals surface area contributed by atoms with E-state index < -0.39 is 5.56 Å². The highest BCUT2D eigenvalue weighted by atomic mass is 35.5. The second-order valence-electron chi connectivity index (χ2n) is 6.01. The molecule has 1 aromatic carbocycles. The lowest BCUT2D eigenvalue weighted by atomic mass is 10.1. The van der Waals surface area contributed by atoms with E-state index in [1.807, 2.05) is 19.1 Å². The lowest BCUT2D eigenvalue weighted by Crippen LogP contribution is -2.25. The van der Waals surface area contributed by atoms with Crippen LogP contribution in [0, 0.1) is 25.2 Å². The van der Waals surface area contributed by atoms with E-state index >= 15 is 0 Å². The summed E-state index contributed by atoms with van der Waals surface area (Å²) in [5.41, 5.74) is 1.52. The van der Waals surface area contributed by atoms with Gasteiger partial charge in [-0.25, -0.2) is 0 Å². The van der Waals surface area contributed by atoms with Gasteiger partial charge in [-0.2, -0.15) is 5.26 Å². The van der Waals surface area contributed by atoms with Gasteiger partial charge in [0.1, 0.15) is 17.4 Å². The molecule has 2 heterocycles. The molecule has 0 radical (unpaired) electrons. The number of rotatable bonds is 4. The Kier molecular flexibility index (Phi) is 5.15. The molecule has 3 aromatic rings. The molecule has 0 amide bonds. The first kappa shape index (κ1) is 18.5. The Morgan fingerprint density at radius 2 is 2.15 bits per heavy atom. The van der Waals surface area contributed by atoms with Crippen molar-refractivity contribution in [1.82, 2.24) is 4.57 Å². The van der Waals surface area contributed by atoms with Crippen molar-refractivity contribution < 1.29 is 9.52 Å². The number of aliphatic imine (C=N–C) groups is 1. The smallest absolute Gasteiger partial charge is 0.271 e. The molecule has 6 nitrogen and oxygen atoms in total. The van der Waals surface area contributed by atoms with Crippen LogP contribution in [0.25, 0.3) is 0 Å². The van der Waals surface area contributed by atoms with Gasteiger partial charge in [0.2, 0.25) is 5.88 Å². The second-order valence-corrected chi connectivity index (χ2v) is 6.42. The highest BCUT2D eigenvalue weighted by Crippen LogP contribution is 2.24. The van der Waals surface area contributed by atoms with Crippen LogP contribution >= 0.6 is 11.6 Å². The van der Waals surface area contributed by atoms with Gasteiger partial charge in [-0.05, 0) is 49.2 Å². The quantitative estimate of drug-likeness (QED) is 0.689. The largest absolute Gasteiger partial charge is 0.494 e. The van der Waals surface area contributed by atoms with Gasteiger partial charge >= 0.3 is 0 Å². The lowest BCUT2D eigenvalue weighted by Gasteiger charge is -2.13. The third-order valence-corrected chi connectivity index (χ3v) is 4.65. The van der Waals surface area contributed by atoms with Crippen LogP contribution in [0.3, 0.4) is 0 Å². The summed E-state index contributed by atoms with van der Waals surface area (Å²) < 4.78 is 6.33. The molecule has 27 heavy (non-hydrogen) atoms. The van der Waals surface area contributed by atoms with Crippen molar-refractivity contribution in [3.05, 3.63) is 80.0 Å². The van der Waals surface area contributed by atoms with Crippen molar-refractivity contribution in [3.8, 4) is 11.9 Å². The maximum atomic E-state index is 12.6. The minimum Gasteiger partial charge on any atom is -0.494 e. The van der Waals surface area contributed by atoms with Crippen molar-refractivity contribution in [3.63, 3.8) is 0 Å². The van der Waals surface area contributed by atoms with Gasteiger partial charge in [0.15, 0.2) is 0 Å². The van der Waals surface area contributed by atoms with E-state index in [4.69, 9.17) is 16.0 Å². The molecule has 1 N–H and O–H groups in total. The van der Waals surface area contributed by atoms with Crippen molar-refractivity contribution in [1.29, 1.82) is 5.26 Å². The molecule has 0 aliphatic heterocycles. The van der Waals surface area contributed by atoms with E-state index in [0.717, 1.165) is 10.1 Å². The number of aromatic hydroxyl groups is 1. The summed E-state index contributed by atoms with van der Waals surface area (Å²) >= 11 is 6.11. The maximum absolute atomic E-state index is 12.6. The zero-order chi connectivity index (χ0) is 19.6. The number of aryl methyl sites for hydroxylation is 1. The highest BCUT2D eigenvalue weighted by Gasteiger charge is 2.18. The monoisotopic (exact) mass is 381 g/mol. The number of hydrogen-bond donors (Lipinski definition) is 1. The molecule has 0 saturated heterocycles. The minimum absolute atomic E-state index is 0.00380. The summed E-state index contributed by atoms with van der Waals surface area (Å²) in [7, 11) is 0. The standard InChI is InChI=1S/C20H16ClN3O3/c1-12-5-6-14(8-18(12)21)23-10-17-13(2)16(9-22)19(25)24(20(17)26)11-15-4-3-7-27-15/h3-8,10,26H,11H2,1-2H3. The van der Waals surface area contributed by atoms with Crippen LogP contribution in [0.4, 0.5) is 5.69 Å². The Morgan fingerprint density at radius 1 is 1.37 bits per heavy atom. The Balaban J connectivity index is 2.11. The molecule has 7 heteroatoms. The normalized spacial score (nSPS) is 11.0. The first-order chi connectivity index (χ1) is 12.9. The number of hydrogen-bond acceptors (Lipinski definition) is 5. The molecule has 136 valence electrons. The number of benzene rings is 1. The summed E-state index contributed by atoms with van der Waals surface area (Å²) in [6.45, 7) is 3.49. The maximum Gasteiger partial charge on any atom is 0.271 e. The van der Waals surface area contributed by atoms with Gasteiger partial charge in [-0.15, -0.1) is 0 Å². The fourth-order valence-electron chi connectivity index (χ4n) is 2.63. The Morgan fingerprint density at radius 3 is 2.78 bits per heavy atom. The zero-order valence-corrected chi connectivity index (χ0v) is 15.5. The molecule has 0 aliphatic rings. The molecule has 0 fully saturated rings. The van der Waals surface area contributed by atoms with E-state index in [9.17, 15) is 15.2 Å². The van der Waals surface area contributed by atoms with Crippen LogP contribution < -0.4 is 5.56 Å². The number of furan rings is 1. The van der Waals surface area contributed by atoms with Crippen LogP contribution in [-0.4, -0.2) is 15.9 Å². The first-order valence-corrected chi connectivity index (χ1v) is 8.49. The fourth-order valence-corrected chi connectivity index (χ4v) is 2.81. The van der Waals surface area contributed by atoms with Gasteiger partial charge in [0.05, 0.1) is 24.1 Å². The van der Waals surface area contributed by atoms with E-state index in [1.54, 1.807) is 31.2 Å². The molecule has 0 saturated carbocycles. The first-order valence-electron chi connectivity index (χ1n) is 8.11. The van der Waals surface area contributed by atoms with Crippen molar-refractivity contribution in [2.75, 3.05) is 0 Å². The average Bonchev–Trinajstić information content (AvgIpc) is 3.15. The summed E-state index contributed by atoms with van der Waals surface area (Å²) in [6, 6.07) is 10.6. The van der Waals surface area contributed by atoms with E-state index in [0.29, 0.717) is 22.0 Å². The van der Waals surface area contributed by atoms with Crippen LogP contribution in [-0.2, 0) is 6.54 Å². The SMILES string of the molecule is Cc1ccc(N=Cc2c(C)c(C#N)c(=O)n(Cc3ccco3)c2O)cc1Cl. The van der Waals surface area contributed by atoms with Gasteiger partial charge in [-0.3, -0.25) is 14.4 Å². The van der Waals surface area contributed by atoms with Gasteiger partial charge in [0.25, 0.3) is 5.56 Å². The van der Waals surface area contributed by atoms with Crippen LogP contribution in [0.5, 0.6) is 5.88 Å². The van der Waals surface area contributed by atoms with Crippen LogP contribution in [0.1, 0.15) is 28.0 Å². The molecule has 0 spiro atoms. The molecule has 0 aliphatic carbocycles. The number of nitrogens with zero attached hydrogens (tertiary/aromatic N) is 3. The summed E-state index contributed by atoms with van der Waals surface area (Å²) in [6.07, 6.45) is 2.89. The summed E-state index contributed by atoms with van der Waals surface area (Å²) in [4.78, 5) is 16.9. The lowest BCUT2D eigenvalue weighted by molar-refractivity contribution is 0.397. The Bertz CT molecular complexity index is 1120. The third-order valence-electron chi connectivity index (χ3n) is 4.24. The summed E-state index contributed by atoms with van der Waals surface area (Å²) in [5.74, 6) is 0.197. The topological polar surface area (TPSA) is 91.5 Å². The molecular weight excluding hydrogens is 366 g/mol. The predicted molar refractivity (Wildman–Crippen MR) is 103 cm³/mol. The molecule has 0 unspecified atom stereocenters. The van der Waals surface area contributed by atoms with Crippen LogP contribution in [0.15, 0.2) is 50.8 Å². The minimum atomic E-state index is -0.584. The second kappa shape index (κ2) is 7.52. The number of aromatic nitrogens is 1. The number of pyridine rings is 1. The Hall–Kier alpha value is -3.30. The number of nitriles is 1. The zero-order valence-electron chi connectivity index (χ0n) is 14.7. The fraction of sp³-hybridized carbons (Fsp3) is 0.150. The van der Waals surface area contributed by atoms with E-state index in [1.165, 1.54) is 12.5 Å². The van der Waals surface area contributed by atoms with Gasteiger partial charge < -0.3 is 9.52 Å². The predicted octanol–water partition coefficient (Wildman–Crippen LogP) is 4.09. The molecular formula is C20H16ClN3O3. The van der Waals surface area contributed by atoms with Crippen LogP contribution in [0.2, 0.25) is 5.02 Å². The van der Waals surface area contributed by atoms with Crippen molar-refractivity contribution >= 4 is 23.5 Å². The van der Waals surface area contributed by atoms with Gasteiger partial charge in [-0.1, -0.05) is 17.7 Å². The van der Waals surface area contributed by atoms with E-state index in [-0.39, 0.29) is 23.6 Å². The number of halogens is 1. The Labute approximate surface area is 160 Å². The molecule has 0 bridgehead atoms. The summed E-state index contributed by atoms with van der Waals surface area (Å²) in [5, 5.41) is 20.6. The van der Waals surface area contributed by atoms with Crippen molar-refractivity contribution in [2.45, 2.75) is 20.4 Å².